The Morgan fingerprint density at radius 3 is 2.63 bits per heavy atom. The highest BCUT2D eigenvalue weighted by molar-refractivity contribution is 7.89. The molecule has 1 aliphatic heterocycles. The number of nitrogens with zero attached hydrogens (tertiary/aromatic N) is 3. The predicted molar refractivity (Wildman–Crippen MR) is 141 cm³/mol. The monoisotopic (exact) mass is 535 g/mol. The number of fused-ring (bicyclic) bond motifs is 1. The van der Waals surface area contributed by atoms with Crippen molar-refractivity contribution in [2.45, 2.75) is 50.5 Å². The summed E-state index contributed by atoms with van der Waals surface area (Å²) in [6.07, 6.45) is 3.49. The summed E-state index contributed by atoms with van der Waals surface area (Å²) in [6.45, 7) is 5.81. The number of ether oxygens (including phenoxy) is 1. The first-order valence-electron chi connectivity index (χ1n) is 11.9. The maximum atomic E-state index is 13.6. The molecular formula is C25H30ClN3O4S2. The molecule has 10 heteroatoms. The summed E-state index contributed by atoms with van der Waals surface area (Å²) in [7, 11) is -3.61. The molecule has 7 nitrogen and oxygen atoms in total. The third-order valence-electron chi connectivity index (χ3n) is 6.08. The maximum Gasteiger partial charge on any atom is 0.260 e. The number of anilines is 1. The van der Waals surface area contributed by atoms with E-state index in [2.05, 4.69) is 4.98 Å². The molecule has 1 atom stereocenters. The molecule has 2 aromatic carbocycles. The van der Waals surface area contributed by atoms with Crippen LogP contribution in [0.3, 0.4) is 0 Å². The van der Waals surface area contributed by atoms with Gasteiger partial charge in [0.2, 0.25) is 10.0 Å². The molecule has 1 unspecified atom stereocenters. The van der Waals surface area contributed by atoms with Gasteiger partial charge in [-0.3, -0.25) is 9.69 Å². The van der Waals surface area contributed by atoms with Gasteiger partial charge in [0.25, 0.3) is 5.91 Å². The molecule has 2 heterocycles. The molecule has 0 spiro atoms. The molecular weight excluding hydrogens is 506 g/mol. The maximum absolute atomic E-state index is 13.6. The van der Waals surface area contributed by atoms with Crippen LogP contribution in [0.15, 0.2) is 47.4 Å². The van der Waals surface area contributed by atoms with Gasteiger partial charge < -0.3 is 4.74 Å². The number of carbonyl (C=O) groups excluding carboxylic acids is 1. The largest absolute Gasteiger partial charge is 0.376 e. The topological polar surface area (TPSA) is 79.8 Å². The van der Waals surface area contributed by atoms with Crippen LogP contribution in [0.25, 0.3) is 10.2 Å². The van der Waals surface area contributed by atoms with Crippen LogP contribution in [0.2, 0.25) is 5.02 Å². The van der Waals surface area contributed by atoms with Gasteiger partial charge >= 0.3 is 0 Å². The van der Waals surface area contributed by atoms with Crippen molar-refractivity contribution in [1.82, 2.24) is 9.29 Å². The molecule has 1 fully saturated rings. The number of thiazole rings is 1. The van der Waals surface area contributed by atoms with Crippen LogP contribution in [0.4, 0.5) is 5.13 Å². The molecule has 1 saturated heterocycles. The number of rotatable bonds is 10. The van der Waals surface area contributed by atoms with E-state index >= 15 is 0 Å². The van der Waals surface area contributed by atoms with E-state index in [1.165, 1.54) is 27.8 Å². The first-order valence-corrected chi connectivity index (χ1v) is 14.6. The van der Waals surface area contributed by atoms with Crippen molar-refractivity contribution in [2.24, 2.45) is 0 Å². The fraction of sp³-hybridized carbons (Fsp3) is 0.440. The third kappa shape index (κ3) is 5.86. The average Bonchev–Trinajstić information content (AvgIpc) is 3.52. The van der Waals surface area contributed by atoms with Gasteiger partial charge in [0.05, 0.1) is 27.8 Å². The quantitative estimate of drug-likeness (QED) is 0.338. The van der Waals surface area contributed by atoms with Gasteiger partial charge in [-0.2, -0.15) is 4.31 Å². The minimum Gasteiger partial charge on any atom is -0.376 e. The van der Waals surface area contributed by atoms with Crippen LogP contribution in [-0.4, -0.2) is 56.0 Å². The molecule has 0 saturated carbocycles. The zero-order valence-electron chi connectivity index (χ0n) is 19.9. The van der Waals surface area contributed by atoms with Crippen molar-refractivity contribution in [3.8, 4) is 0 Å². The fourth-order valence-corrected chi connectivity index (χ4v) is 6.84. The van der Waals surface area contributed by atoms with Crippen molar-refractivity contribution in [3.05, 3.63) is 53.1 Å². The zero-order valence-corrected chi connectivity index (χ0v) is 22.3. The SMILES string of the molecule is CCCCN(CC)S(=O)(=O)c1ccc(C(=O)N(CC2CCCO2)c2nc3ccc(Cl)cc3s2)cc1. The van der Waals surface area contributed by atoms with Crippen molar-refractivity contribution in [3.63, 3.8) is 0 Å². The number of hydrogen-bond acceptors (Lipinski definition) is 6. The van der Waals surface area contributed by atoms with Gasteiger partial charge in [-0.15, -0.1) is 0 Å². The van der Waals surface area contributed by atoms with E-state index in [-0.39, 0.29) is 16.9 Å². The van der Waals surface area contributed by atoms with Crippen LogP contribution in [0.5, 0.6) is 0 Å². The highest BCUT2D eigenvalue weighted by Gasteiger charge is 2.28. The molecule has 0 bridgehead atoms. The van der Waals surface area contributed by atoms with Crippen molar-refractivity contribution in [2.75, 3.05) is 31.1 Å². The number of sulfonamides is 1. The van der Waals surface area contributed by atoms with Crippen LogP contribution in [0, 0.1) is 0 Å². The fourth-order valence-electron chi connectivity index (χ4n) is 4.10. The Morgan fingerprint density at radius 1 is 1.20 bits per heavy atom. The smallest absolute Gasteiger partial charge is 0.260 e. The van der Waals surface area contributed by atoms with Crippen molar-refractivity contribution >= 4 is 54.2 Å². The molecule has 35 heavy (non-hydrogen) atoms. The molecule has 3 aromatic rings. The van der Waals surface area contributed by atoms with E-state index in [1.807, 2.05) is 26.0 Å². The Bertz CT molecular complexity index is 1270. The number of halogens is 1. The second-order valence-electron chi connectivity index (χ2n) is 8.53. The van der Waals surface area contributed by atoms with E-state index in [1.54, 1.807) is 23.1 Å². The minimum absolute atomic E-state index is 0.0640. The number of carbonyl (C=O) groups is 1. The first kappa shape index (κ1) is 26.0. The average molecular weight is 536 g/mol. The number of unbranched alkanes of at least 4 members (excludes halogenated alkanes) is 1. The Labute approximate surface area is 215 Å². The molecule has 1 aromatic heterocycles. The van der Waals surface area contributed by atoms with Gasteiger partial charge in [0.15, 0.2) is 5.13 Å². The second kappa shape index (κ2) is 11.3. The first-order chi connectivity index (χ1) is 16.8. The van der Waals surface area contributed by atoms with Gasteiger partial charge in [-0.1, -0.05) is 43.2 Å². The van der Waals surface area contributed by atoms with Crippen LogP contribution < -0.4 is 4.90 Å². The summed E-state index contributed by atoms with van der Waals surface area (Å²) < 4.78 is 34.3. The summed E-state index contributed by atoms with van der Waals surface area (Å²) in [5, 5.41) is 1.18. The second-order valence-corrected chi connectivity index (χ2v) is 11.9. The Kier molecular flexibility index (Phi) is 8.44. The Hall–Kier alpha value is -2.04. The summed E-state index contributed by atoms with van der Waals surface area (Å²) >= 11 is 7.54. The van der Waals surface area contributed by atoms with Crippen LogP contribution in [0.1, 0.15) is 49.9 Å². The van der Waals surface area contributed by atoms with E-state index in [0.717, 1.165) is 35.9 Å². The Morgan fingerprint density at radius 2 is 1.97 bits per heavy atom. The van der Waals surface area contributed by atoms with Gasteiger partial charge in [-0.05, 0) is 61.7 Å². The molecule has 1 aliphatic rings. The molecule has 4 rings (SSSR count). The summed E-state index contributed by atoms with van der Waals surface area (Å²) in [5.74, 6) is -0.243. The van der Waals surface area contributed by atoms with E-state index < -0.39 is 10.0 Å². The highest BCUT2D eigenvalue weighted by Crippen LogP contribution is 2.32. The molecule has 0 aliphatic carbocycles. The molecule has 0 N–H and O–H groups in total. The number of aromatic nitrogens is 1. The van der Waals surface area contributed by atoms with E-state index in [9.17, 15) is 13.2 Å². The molecule has 188 valence electrons. The lowest BCUT2D eigenvalue weighted by atomic mass is 10.2. The highest BCUT2D eigenvalue weighted by atomic mass is 35.5. The standard InChI is InChI=1S/C25H30ClN3O4S2/c1-3-5-14-28(4-2)35(31,32)21-11-8-18(9-12-21)24(30)29(17-20-7-6-15-33-20)25-27-22-13-10-19(26)16-23(22)34-25/h8-13,16,20H,3-7,14-15,17H2,1-2H3. The number of hydrogen-bond donors (Lipinski definition) is 0. The lowest BCUT2D eigenvalue weighted by Gasteiger charge is -2.23. The zero-order chi connectivity index (χ0) is 25.0. The minimum atomic E-state index is -3.61. The normalized spacial score (nSPS) is 16.3. The molecule has 0 radical (unpaired) electrons. The van der Waals surface area contributed by atoms with Crippen molar-refractivity contribution < 1.29 is 17.9 Å². The third-order valence-corrected chi connectivity index (χ3v) is 9.34. The van der Waals surface area contributed by atoms with Crippen molar-refractivity contribution in [1.29, 1.82) is 0 Å². The summed E-state index contributed by atoms with van der Waals surface area (Å²) in [5.41, 5.74) is 1.17. The van der Waals surface area contributed by atoms with Crippen LogP contribution in [-0.2, 0) is 14.8 Å². The summed E-state index contributed by atoms with van der Waals surface area (Å²) in [6, 6.07) is 11.6. The van der Waals surface area contributed by atoms with Gasteiger partial charge in [0.1, 0.15) is 0 Å². The molecule has 1 amide bonds. The lowest BCUT2D eigenvalue weighted by molar-refractivity contribution is 0.0917. The Balaban J connectivity index is 1.62. The lowest BCUT2D eigenvalue weighted by Crippen LogP contribution is -2.37. The van der Waals surface area contributed by atoms with Gasteiger partial charge in [0, 0.05) is 30.3 Å². The van der Waals surface area contributed by atoms with E-state index in [0.29, 0.717) is 42.0 Å². The predicted octanol–water partition coefficient (Wildman–Crippen LogP) is 5.59. The van der Waals surface area contributed by atoms with Gasteiger partial charge in [-0.25, -0.2) is 13.4 Å². The number of benzene rings is 2. The van der Waals surface area contributed by atoms with E-state index in [4.69, 9.17) is 16.3 Å². The summed E-state index contributed by atoms with van der Waals surface area (Å²) in [4.78, 5) is 20.1. The number of amides is 1. The van der Waals surface area contributed by atoms with Crippen LogP contribution >= 0.6 is 22.9 Å².